The fourth-order valence-corrected chi connectivity index (χ4v) is 2.93. The molecule has 1 aromatic heterocycles. The maximum atomic E-state index is 10.8. The number of nitrogens with two attached hydrogens (primary N) is 1. The third kappa shape index (κ3) is 3.82. The third-order valence-electron chi connectivity index (χ3n) is 3.94. The lowest BCUT2D eigenvalue weighted by Crippen LogP contribution is -2.26. The van der Waals surface area contributed by atoms with Gasteiger partial charge in [0, 0.05) is 6.04 Å². The fraction of sp³-hybridized carbons (Fsp3) is 0.643. The van der Waals surface area contributed by atoms with Crippen molar-refractivity contribution in [1.82, 2.24) is 4.98 Å². The van der Waals surface area contributed by atoms with Crippen LogP contribution in [0.3, 0.4) is 0 Å². The Labute approximate surface area is 118 Å². The van der Waals surface area contributed by atoms with E-state index in [1.54, 1.807) is 0 Å². The SMILES string of the molecule is CCCC1CCC(Nc2cc([N+](=O)[O-])cc(N)n2)CC1. The summed E-state index contributed by atoms with van der Waals surface area (Å²) in [4.78, 5) is 14.5. The molecule has 6 heteroatoms. The van der Waals surface area contributed by atoms with Crippen LogP contribution in [-0.4, -0.2) is 15.9 Å². The monoisotopic (exact) mass is 278 g/mol. The second-order valence-electron chi connectivity index (χ2n) is 5.54. The molecular formula is C14H22N4O2. The zero-order valence-electron chi connectivity index (χ0n) is 11.8. The number of pyridine rings is 1. The lowest BCUT2D eigenvalue weighted by molar-refractivity contribution is -0.384. The summed E-state index contributed by atoms with van der Waals surface area (Å²) >= 11 is 0. The number of nitrogen functional groups attached to an aromatic ring is 1. The molecule has 3 N–H and O–H groups in total. The Morgan fingerprint density at radius 2 is 2.10 bits per heavy atom. The van der Waals surface area contributed by atoms with E-state index in [0.29, 0.717) is 11.9 Å². The molecule has 110 valence electrons. The maximum absolute atomic E-state index is 10.8. The Bertz CT molecular complexity index is 470. The molecule has 0 amide bonds. The highest BCUT2D eigenvalue weighted by Gasteiger charge is 2.21. The molecule has 0 spiro atoms. The van der Waals surface area contributed by atoms with Gasteiger partial charge in [0.25, 0.3) is 5.69 Å². The molecule has 1 aliphatic rings. The first kappa shape index (κ1) is 14.6. The van der Waals surface area contributed by atoms with Gasteiger partial charge in [-0.1, -0.05) is 19.8 Å². The van der Waals surface area contributed by atoms with Crippen LogP contribution in [0.15, 0.2) is 12.1 Å². The molecule has 0 unspecified atom stereocenters. The van der Waals surface area contributed by atoms with Gasteiger partial charge in [-0.25, -0.2) is 4.98 Å². The summed E-state index contributed by atoms with van der Waals surface area (Å²) in [6.07, 6.45) is 7.16. The van der Waals surface area contributed by atoms with Crippen LogP contribution < -0.4 is 11.1 Å². The molecular weight excluding hydrogens is 256 g/mol. The molecule has 0 aromatic carbocycles. The standard InChI is InChI=1S/C14H22N4O2/c1-2-3-10-4-6-11(7-5-10)16-14-9-12(18(19)20)8-13(15)17-14/h8-11H,2-7H2,1H3,(H3,15,16,17). The largest absolute Gasteiger partial charge is 0.383 e. The summed E-state index contributed by atoms with van der Waals surface area (Å²) in [5.74, 6) is 1.53. The Kier molecular flexibility index (Phi) is 4.76. The highest BCUT2D eigenvalue weighted by atomic mass is 16.6. The Morgan fingerprint density at radius 3 is 2.70 bits per heavy atom. The first-order chi connectivity index (χ1) is 9.58. The first-order valence-electron chi connectivity index (χ1n) is 7.27. The van der Waals surface area contributed by atoms with Gasteiger partial charge in [0.1, 0.15) is 11.6 Å². The first-order valence-corrected chi connectivity index (χ1v) is 7.27. The zero-order valence-corrected chi connectivity index (χ0v) is 11.8. The topological polar surface area (TPSA) is 94.1 Å². The maximum Gasteiger partial charge on any atom is 0.276 e. The average Bonchev–Trinajstić information content (AvgIpc) is 2.40. The molecule has 1 saturated carbocycles. The predicted molar refractivity (Wildman–Crippen MR) is 79.6 cm³/mol. The highest BCUT2D eigenvalue weighted by molar-refractivity contribution is 5.53. The molecule has 2 rings (SSSR count). The lowest BCUT2D eigenvalue weighted by atomic mass is 9.83. The molecule has 1 fully saturated rings. The molecule has 0 atom stereocenters. The van der Waals surface area contributed by atoms with Crippen molar-refractivity contribution in [3.63, 3.8) is 0 Å². The highest BCUT2D eigenvalue weighted by Crippen LogP contribution is 2.30. The number of nitrogens with zero attached hydrogens (tertiary/aromatic N) is 2. The van der Waals surface area contributed by atoms with E-state index < -0.39 is 4.92 Å². The minimum absolute atomic E-state index is 0.0142. The lowest BCUT2D eigenvalue weighted by Gasteiger charge is -2.29. The van der Waals surface area contributed by atoms with E-state index >= 15 is 0 Å². The Hall–Kier alpha value is -1.85. The molecule has 0 radical (unpaired) electrons. The van der Waals surface area contributed by atoms with Crippen molar-refractivity contribution in [3.05, 3.63) is 22.2 Å². The van der Waals surface area contributed by atoms with Crippen LogP contribution >= 0.6 is 0 Å². The number of rotatable bonds is 5. The van der Waals surface area contributed by atoms with E-state index in [-0.39, 0.29) is 11.5 Å². The minimum Gasteiger partial charge on any atom is -0.383 e. The summed E-state index contributed by atoms with van der Waals surface area (Å²) < 4.78 is 0. The fourth-order valence-electron chi connectivity index (χ4n) is 2.93. The van der Waals surface area contributed by atoms with Crippen molar-refractivity contribution < 1.29 is 4.92 Å². The van der Waals surface area contributed by atoms with E-state index in [1.165, 1.54) is 37.8 Å². The Balaban J connectivity index is 1.96. The van der Waals surface area contributed by atoms with Crippen molar-refractivity contribution in [2.45, 2.75) is 51.5 Å². The van der Waals surface area contributed by atoms with Crippen molar-refractivity contribution in [1.29, 1.82) is 0 Å². The quantitative estimate of drug-likeness (QED) is 0.636. The zero-order chi connectivity index (χ0) is 14.5. The van der Waals surface area contributed by atoms with E-state index in [2.05, 4.69) is 17.2 Å². The minimum atomic E-state index is -0.443. The second-order valence-corrected chi connectivity index (χ2v) is 5.54. The molecule has 20 heavy (non-hydrogen) atoms. The van der Waals surface area contributed by atoms with Gasteiger partial charge in [0.2, 0.25) is 0 Å². The summed E-state index contributed by atoms with van der Waals surface area (Å²) in [6.45, 7) is 2.22. The van der Waals surface area contributed by atoms with Gasteiger partial charge in [-0.3, -0.25) is 10.1 Å². The van der Waals surface area contributed by atoms with Crippen LogP contribution in [0.4, 0.5) is 17.3 Å². The average molecular weight is 278 g/mol. The summed E-state index contributed by atoms with van der Waals surface area (Å²) in [5.41, 5.74) is 5.59. The second kappa shape index (κ2) is 6.54. The normalized spacial score (nSPS) is 22.4. The number of aromatic nitrogens is 1. The van der Waals surface area contributed by atoms with Crippen LogP contribution in [0.2, 0.25) is 0 Å². The van der Waals surface area contributed by atoms with Gasteiger partial charge in [0.15, 0.2) is 0 Å². The number of nitrogens with one attached hydrogen (secondary N) is 1. The van der Waals surface area contributed by atoms with Crippen molar-refractivity contribution >= 4 is 17.3 Å². The van der Waals surface area contributed by atoms with E-state index in [1.807, 2.05) is 0 Å². The van der Waals surface area contributed by atoms with E-state index in [0.717, 1.165) is 18.8 Å². The van der Waals surface area contributed by atoms with Crippen molar-refractivity contribution in [3.8, 4) is 0 Å². The van der Waals surface area contributed by atoms with Crippen LogP contribution in [0.25, 0.3) is 0 Å². The number of anilines is 2. The van der Waals surface area contributed by atoms with Gasteiger partial charge < -0.3 is 11.1 Å². The number of hydrogen-bond donors (Lipinski definition) is 2. The summed E-state index contributed by atoms with van der Waals surface area (Å²) in [7, 11) is 0. The van der Waals surface area contributed by atoms with Crippen LogP contribution in [0.5, 0.6) is 0 Å². The van der Waals surface area contributed by atoms with Gasteiger partial charge in [-0.05, 0) is 31.6 Å². The van der Waals surface area contributed by atoms with Gasteiger partial charge in [0.05, 0.1) is 17.1 Å². The van der Waals surface area contributed by atoms with Gasteiger partial charge in [-0.2, -0.15) is 0 Å². The number of nitro groups is 1. The van der Waals surface area contributed by atoms with Crippen LogP contribution in [0, 0.1) is 16.0 Å². The van der Waals surface area contributed by atoms with Gasteiger partial charge in [-0.15, -0.1) is 0 Å². The molecule has 0 bridgehead atoms. The molecule has 0 aliphatic heterocycles. The van der Waals surface area contributed by atoms with E-state index in [4.69, 9.17) is 5.73 Å². The number of hydrogen-bond acceptors (Lipinski definition) is 5. The van der Waals surface area contributed by atoms with Crippen LogP contribution in [0.1, 0.15) is 45.4 Å². The summed E-state index contributed by atoms with van der Waals surface area (Å²) in [5, 5.41) is 14.1. The molecule has 1 aliphatic carbocycles. The third-order valence-corrected chi connectivity index (χ3v) is 3.94. The molecule has 1 heterocycles. The Morgan fingerprint density at radius 1 is 1.40 bits per heavy atom. The van der Waals surface area contributed by atoms with Gasteiger partial charge >= 0.3 is 0 Å². The molecule has 0 saturated heterocycles. The molecule has 1 aromatic rings. The van der Waals surface area contributed by atoms with Crippen molar-refractivity contribution in [2.75, 3.05) is 11.1 Å². The van der Waals surface area contributed by atoms with Crippen molar-refractivity contribution in [2.24, 2.45) is 5.92 Å². The van der Waals surface area contributed by atoms with E-state index in [9.17, 15) is 10.1 Å². The smallest absolute Gasteiger partial charge is 0.276 e. The predicted octanol–water partition coefficient (Wildman–Crippen LogP) is 3.34. The molecule has 6 nitrogen and oxygen atoms in total. The summed E-state index contributed by atoms with van der Waals surface area (Å²) in [6, 6.07) is 3.08. The van der Waals surface area contributed by atoms with Crippen LogP contribution in [-0.2, 0) is 0 Å².